The van der Waals surface area contributed by atoms with Crippen molar-refractivity contribution in [3.8, 4) is 11.1 Å². The number of aliphatic hydroxyl groups is 1. The quantitative estimate of drug-likeness (QED) is 0.942. The average molecular weight is 290 g/mol. The topological polar surface area (TPSA) is 54.4 Å². The Morgan fingerprint density at radius 3 is 1.90 bits per heavy atom. The van der Waals surface area contributed by atoms with E-state index in [-0.39, 0.29) is 0 Å². The summed E-state index contributed by atoms with van der Waals surface area (Å²) in [6.07, 6.45) is 0.133. The lowest BCUT2D eigenvalue weighted by Crippen LogP contribution is -2.24. The molecule has 2 rings (SSSR count). The lowest BCUT2D eigenvalue weighted by atomic mass is 10.0. The van der Waals surface area contributed by atoms with Crippen molar-refractivity contribution in [3.05, 3.63) is 60.2 Å². The number of hydrogen-bond donors (Lipinski definition) is 1. The van der Waals surface area contributed by atoms with Crippen molar-refractivity contribution < 1.29 is 13.5 Å². The molecule has 2 atom stereocenters. The number of benzene rings is 2. The highest BCUT2D eigenvalue weighted by Gasteiger charge is 2.25. The SMILES string of the molecule is C[C@H]([C@@H](O)c1ccc(-c2ccccc2)cc1)S(C)(=O)=O. The Kier molecular flexibility index (Phi) is 4.26. The van der Waals surface area contributed by atoms with Crippen LogP contribution in [0.3, 0.4) is 0 Å². The third-order valence-corrected chi connectivity index (χ3v) is 5.09. The molecule has 0 aliphatic rings. The van der Waals surface area contributed by atoms with E-state index in [0.717, 1.165) is 17.4 Å². The first-order chi connectivity index (χ1) is 9.39. The highest BCUT2D eigenvalue weighted by molar-refractivity contribution is 7.91. The van der Waals surface area contributed by atoms with Crippen LogP contribution in [0.1, 0.15) is 18.6 Å². The van der Waals surface area contributed by atoms with Crippen LogP contribution in [0.25, 0.3) is 11.1 Å². The van der Waals surface area contributed by atoms with Gasteiger partial charge in [0.05, 0.1) is 11.4 Å². The van der Waals surface area contributed by atoms with E-state index < -0.39 is 21.2 Å². The molecule has 20 heavy (non-hydrogen) atoms. The zero-order chi connectivity index (χ0) is 14.8. The summed E-state index contributed by atoms with van der Waals surface area (Å²) in [6, 6.07) is 17.2. The van der Waals surface area contributed by atoms with Crippen LogP contribution in [0.5, 0.6) is 0 Å². The molecular formula is C16H18O3S. The van der Waals surface area contributed by atoms with Gasteiger partial charge in [-0.15, -0.1) is 0 Å². The second kappa shape index (κ2) is 5.77. The molecule has 0 spiro atoms. The molecule has 0 bridgehead atoms. The number of aliphatic hydroxyl groups excluding tert-OH is 1. The first-order valence-electron chi connectivity index (χ1n) is 6.42. The summed E-state index contributed by atoms with van der Waals surface area (Å²) in [5.41, 5.74) is 2.74. The lowest BCUT2D eigenvalue weighted by molar-refractivity contribution is 0.176. The van der Waals surface area contributed by atoms with Crippen LogP contribution >= 0.6 is 0 Å². The molecule has 3 nitrogen and oxygen atoms in total. The van der Waals surface area contributed by atoms with Crippen molar-refractivity contribution in [2.75, 3.05) is 6.26 Å². The fourth-order valence-corrected chi connectivity index (χ4v) is 2.63. The van der Waals surface area contributed by atoms with Crippen molar-refractivity contribution in [2.24, 2.45) is 0 Å². The minimum absolute atomic E-state index is 0.614. The third-order valence-electron chi connectivity index (χ3n) is 3.48. The summed E-state index contributed by atoms with van der Waals surface area (Å²) in [7, 11) is -3.26. The van der Waals surface area contributed by atoms with E-state index in [1.54, 1.807) is 12.1 Å². The molecule has 0 aliphatic carbocycles. The van der Waals surface area contributed by atoms with Crippen molar-refractivity contribution in [3.63, 3.8) is 0 Å². The van der Waals surface area contributed by atoms with Crippen LogP contribution in [0.15, 0.2) is 54.6 Å². The average Bonchev–Trinajstić information content (AvgIpc) is 2.46. The van der Waals surface area contributed by atoms with Crippen LogP contribution in [0, 0.1) is 0 Å². The normalized spacial score (nSPS) is 14.8. The molecule has 2 aromatic rings. The van der Waals surface area contributed by atoms with Gasteiger partial charge in [0, 0.05) is 6.26 Å². The Labute approximate surface area is 119 Å². The predicted molar refractivity (Wildman–Crippen MR) is 81.1 cm³/mol. The molecule has 0 heterocycles. The molecule has 0 aromatic heterocycles. The fourth-order valence-electron chi connectivity index (χ4n) is 2.01. The Balaban J connectivity index is 2.25. The molecule has 1 N–H and O–H groups in total. The van der Waals surface area contributed by atoms with E-state index >= 15 is 0 Å². The Hall–Kier alpha value is -1.65. The molecule has 0 fully saturated rings. The Morgan fingerprint density at radius 1 is 0.900 bits per heavy atom. The molecule has 106 valence electrons. The number of hydrogen-bond acceptors (Lipinski definition) is 3. The predicted octanol–water partition coefficient (Wildman–Crippen LogP) is 2.82. The minimum atomic E-state index is -3.26. The van der Waals surface area contributed by atoms with Crippen LogP contribution < -0.4 is 0 Å². The summed E-state index contributed by atoms with van der Waals surface area (Å²) in [5.74, 6) is 0. The van der Waals surface area contributed by atoms with Crippen LogP contribution in [-0.2, 0) is 9.84 Å². The summed E-state index contributed by atoms with van der Waals surface area (Å²) < 4.78 is 22.9. The highest BCUT2D eigenvalue weighted by atomic mass is 32.2. The van der Waals surface area contributed by atoms with Crippen molar-refractivity contribution in [1.82, 2.24) is 0 Å². The number of sulfone groups is 1. The maximum Gasteiger partial charge on any atom is 0.152 e. The van der Waals surface area contributed by atoms with Gasteiger partial charge in [0.25, 0.3) is 0 Å². The number of rotatable bonds is 4. The molecule has 0 radical (unpaired) electrons. The van der Waals surface area contributed by atoms with E-state index in [2.05, 4.69) is 0 Å². The van der Waals surface area contributed by atoms with Gasteiger partial charge in [-0.3, -0.25) is 0 Å². The van der Waals surface area contributed by atoms with E-state index in [4.69, 9.17) is 0 Å². The maximum absolute atomic E-state index is 11.5. The van der Waals surface area contributed by atoms with Gasteiger partial charge >= 0.3 is 0 Å². The molecular weight excluding hydrogens is 272 g/mol. The van der Waals surface area contributed by atoms with Gasteiger partial charge in [-0.2, -0.15) is 0 Å². The van der Waals surface area contributed by atoms with Gasteiger partial charge in [0.2, 0.25) is 0 Å². The zero-order valence-electron chi connectivity index (χ0n) is 11.5. The van der Waals surface area contributed by atoms with Crippen LogP contribution in [0.4, 0.5) is 0 Å². The van der Waals surface area contributed by atoms with Gasteiger partial charge < -0.3 is 5.11 Å². The monoisotopic (exact) mass is 290 g/mol. The van der Waals surface area contributed by atoms with E-state index in [1.807, 2.05) is 42.5 Å². The summed E-state index contributed by atoms with van der Waals surface area (Å²) in [6.45, 7) is 1.52. The summed E-state index contributed by atoms with van der Waals surface area (Å²) >= 11 is 0. The molecule has 0 saturated heterocycles. The second-order valence-corrected chi connectivity index (χ2v) is 7.37. The smallest absolute Gasteiger partial charge is 0.152 e. The molecule has 0 unspecified atom stereocenters. The summed E-state index contributed by atoms with van der Waals surface area (Å²) in [5, 5.41) is 9.29. The molecule has 0 aliphatic heterocycles. The van der Waals surface area contributed by atoms with Gasteiger partial charge in [-0.05, 0) is 23.6 Å². The Morgan fingerprint density at radius 2 is 1.40 bits per heavy atom. The largest absolute Gasteiger partial charge is 0.387 e. The minimum Gasteiger partial charge on any atom is -0.387 e. The van der Waals surface area contributed by atoms with Crippen molar-refractivity contribution >= 4 is 9.84 Å². The summed E-state index contributed by atoms with van der Waals surface area (Å²) in [4.78, 5) is 0. The zero-order valence-corrected chi connectivity index (χ0v) is 12.3. The van der Waals surface area contributed by atoms with Crippen LogP contribution in [0.2, 0.25) is 0 Å². The van der Waals surface area contributed by atoms with Crippen molar-refractivity contribution in [2.45, 2.75) is 18.3 Å². The van der Waals surface area contributed by atoms with Gasteiger partial charge in [-0.25, -0.2) is 8.42 Å². The van der Waals surface area contributed by atoms with E-state index in [1.165, 1.54) is 6.92 Å². The van der Waals surface area contributed by atoms with Gasteiger partial charge in [-0.1, -0.05) is 54.6 Å². The lowest BCUT2D eigenvalue weighted by Gasteiger charge is -2.17. The fraction of sp³-hybridized carbons (Fsp3) is 0.250. The molecule has 4 heteroatoms. The van der Waals surface area contributed by atoms with E-state index in [0.29, 0.717) is 5.56 Å². The molecule has 0 amide bonds. The Bertz CT molecular complexity index is 661. The third kappa shape index (κ3) is 3.26. The molecule has 2 aromatic carbocycles. The van der Waals surface area contributed by atoms with Crippen molar-refractivity contribution in [1.29, 1.82) is 0 Å². The van der Waals surface area contributed by atoms with Gasteiger partial charge in [0.1, 0.15) is 0 Å². The standard InChI is InChI=1S/C16H18O3S/c1-12(20(2,18)19)16(17)15-10-8-14(9-11-15)13-6-4-3-5-7-13/h3-12,16-17H,1-2H3/t12-,16-/m1/s1. The highest BCUT2D eigenvalue weighted by Crippen LogP contribution is 2.25. The first kappa shape index (κ1) is 14.8. The van der Waals surface area contributed by atoms with E-state index in [9.17, 15) is 13.5 Å². The van der Waals surface area contributed by atoms with Crippen LogP contribution in [-0.4, -0.2) is 25.0 Å². The van der Waals surface area contributed by atoms with Gasteiger partial charge in [0.15, 0.2) is 9.84 Å². The first-order valence-corrected chi connectivity index (χ1v) is 8.37. The second-order valence-electron chi connectivity index (χ2n) is 4.97. The molecule has 0 saturated carbocycles. The maximum atomic E-state index is 11.5.